The topological polar surface area (TPSA) is 82.2 Å². The van der Waals surface area contributed by atoms with Crippen molar-refractivity contribution in [2.75, 3.05) is 13.2 Å². The first-order valence-electron chi connectivity index (χ1n) is 10.1. The maximum atomic E-state index is 12.7. The number of nitrogens with one attached hydrogen (secondary N) is 1. The van der Waals surface area contributed by atoms with Crippen LogP contribution in [0.25, 0.3) is 0 Å². The van der Waals surface area contributed by atoms with Gasteiger partial charge < -0.3 is 15.8 Å². The average Bonchev–Trinajstić information content (AvgIpc) is 3.30. The lowest BCUT2D eigenvalue weighted by atomic mass is 9.83. The third-order valence-corrected chi connectivity index (χ3v) is 5.93. The largest absolute Gasteiger partial charge is 0.377 e. The van der Waals surface area contributed by atoms with Crippen molar-refractivity contribution >= 4 is 5.91 Å². The zero-order chi connectivity index (χ0) is 18.7. The Morgan fingerprint density at radius 3 is 2.81 bits per heavy atom. The van der Waals surface area contributed by atoms with Crippen LogP contribution >= 0.6 is 0 Å². The Bertz CT molecular complexity index is 623. The summed E-state index contributed by atoms with van der Waals surface area (Å²) in [5.74, 6) is 0.197. The van der Waals surface area contributed by atoms with Gasteiger partial charge in [0.15, 0.2) is 0 Å². The van der Waals surface area contributed by atoms with Gasteiger partial charge in [0, 0.05) is 42.8 Å². The second-order valence-corrected chi connectivity index (χ2v) is 8.39. The van der Waals surface area contributed by atoms with Crippen molar-refractivity contribution in [3.05, 3.63) is 17.5 Å². The summed E-state index contributed by atoms with van der Waals surface area (Å²) < 4.78 is 7.95. The van der Waals surface area contributed by atoms with E-state index in [4.69, 9.17) is 10.5 Å². The molecule has 0 aliphatic heterocycles. The quantitative estimate of drug-likeness (QED) is 0.743. The van der Waals surface area contributed by atoms with Crippen molar-refractivity contribution in [2.45, 2.75) is 78.0 Å². The van der Waals surface area contributed by atoms with Crippen LogP contribution < -0.4 is 11.1 Å². The molecule has 3 atom stereocenters. The van der Waals surface area contributed by atoms with E-state index in [9.17, 15) is 4.79 Å². The lowest BCUT2D eigenvalue weighted by molar-refractivity contribution is -0.128. The maximum absolute atomic E-state index is 12.7. The van der Waals surface area contributed by atoms with Crippen molar-refractivity contribution in [1.29, 1.82) is 0 Å². The summed E-state index contributed by atoms with van der Waals surface area (Å²) in [6.07, 6.45) is 5.79. The molecule has 0 radical (unpaired) electrons. The predicted molar refractivity (Wildman–Crippen MR) is 102 cm³/mol. The number of hydrogen-bond acceptors (Lipinski definition) is 4. The number of carbonyl (C=O) groups excluding carboxylic acids is 1. The Hall–Kier alpha value is -1.40. The molecule has 1 heterocycles. The van der Waals surface area contributed by atoms with Crippen LogP contribution in [0, 0.1) is 25.2 Å². The maximum Gasteiger partial charge on any atom is 0.223 e. The van der Waals surface area contributed by atoms with E-state index >= 15 is 0 Å². The monoisotopic (exact) mass is 362 g/mol. The van der Waals surface area contributed by atoms with Crippen molar-refractivity contribution in [1.82, 2.24) is 15.1 Å². The van der Waals surface area contributed by atoms with Crippen LogP contribution in [0.5, 0.6) is 0 Å². The van der Waals surface area contributed by atoms with Gasteiger partial charge in [0.2, 0.25) is 5.91 Å². The fraction of sp³-hybridized carbons (Fsp3) is 0.800. The van der Waals surface area contributed by atoms with Crippen LogP contribution in [0.2, 0.25) is 0 Å². The van der Waals surface area contributed by atoms with Crippen LogP contribution in [0.1, 0.15) is 56.8 Å². The Labute approximate surface area is 156 Å². The van der Waals surface area contributed by atoms with E-state index in [1.165, 1.54) is 5.69 Å². The SMILES string of the molecule is CCCO[C@@H]1C[C@@H](C(=O)NCC2(Cn3nc(C)cc3C)CC2)CC[C@H]1N. The summed E-state index contributed by atoms with van der Waals surface area (Å²) in [6, 6.07) is 2.17. The molecule has 26 heavy (non-hydrogen) atoms. The summed E-state index contributed by atoms with van der Waals surface area (Å²) >= 11 is 0. The summed E-state index contributed by atoms with van der Waals surface area (Å²) in [5, 5.41) is 7.79. The number of ether oxygens (including phenoxy) is 1. The van der Waals surface area contributed by atoms with E-state index in [0.717, 1.165) is 63.9 Å². The first kappa shape index (κ1) is 19.4. The lowest BCUT2D eigenvalue weighted by Gasteiger charge is -2.33. The molecule has 0 spiro atoms. The second kappa shape index (κ2) is 8.09. The molecule has 146 valence electrons. The third-order valence-electron chi connectivity index (χ3n) is 5.93. The summed E-state index contributed by atoms with van der Waals surface area (Å²) in [4.78, 5) is 12.7. The Balaban J connectivity index is 1.49. The summed E-state index contributed by atoms with van der Waals surface area (Å²) in [5.41, 5.74) is 8.60. The summed E-state index contributed by atoms with van der Waals surface area (Å²) in [6.45, 7) is 8.57. The highest BCUT2D eigenvalue weighted by atomic mass is 16.5. The summed E-state index contributed by atoms with van der Waals surface area (Å²) in [7, 11) is 0. The highest BCUT2D eigenvalue weighted by Crippen LogP contribution is 2.46. The smallest absolute Gasteiger partial charge is 0.223 e. The molecular formula is C20H34N4O2. The van der Waals surface area contributed by atoms with Crippen molar-refractivity contribution in [2.24, 2.45) is 17.1 Å². The van der Waals surface area contributed by atoms with Crippen molar-refractivity contribution in [3.63, 3.8) is 0 Å². The number of amides is 1. The predicted octanol–water partition coefficient (Wildman–Crippen LogP) is 2.32. The molecule has 0 bridgehead atoms. The molecule has 6 nitrogen and oxygen atoms in total. The average molecular weight is 363 g/mol. The van der Waals surface area contributed by atoms with Gasteiger partial charge in [0.1, 0.15) is 0 Å². The number of hydrogen-bond donors (Lipinski definition) is 2. The number of aryl methyl sites for hydroxylation is 2. The molecule has 2 fully saturated rings. The van der Waals surface area contributed by atoms with Gasteiger partial charge in [-0.05, 0) is 58.4 Å². The van der Waals surface area contributed by atoms with Gasteiger partial charge in [-0.25, -0.2) is 0 Å². The fourth-order valence-electron chi connectivity index (χ4n) is 3.99. The van der Waals surface area contributed by atoms with Gasteiger partial charge in [-0.1, -0.05) is 6.92 Å². The standard InChI is InChI=1S/C20H34N4O2/c1-4-9-26-18-11-16(5-6-17(18)21)19(25)22-12-20(7-8-20)13-24-15(3)10-14(2)23-24/h10,16-18H,4-9,11-13,21H2,1-3H3,(H,22,25)/t16-,17+,18+/m0/s1. The second-order valence-electron chi connectivity index (χ2n) is 8.39. The van der Waals surface area contributed by atoms with Crippen LogP contribution in [0.3, 0.4) is 0 Å². The van der Waals surface area contributed by atoms with Crippen molar-refractivity contribution in [3.8, 4) is 0 Å². The van der Waals surface area contributed by atoms with Crippen molar-refractivity contribution < 1.29 is 9.53 Å². The first-order valence-corrected chi connectivity index (χ1v) is 10.1. The molecule has 1 amide bonds. The van der Waals surface area contributed by atoms with Crippen LogP contribution in [0.4, 0.5) is 0 Å². The number of nitrogens with zero attached hydrogens (tertiary/aromatic N) is 2. The Morgan fingerprint density at radius 2 is 2.19 bits per heavy atom. The molecule has 1 aromatic rings. The number of nitrogens with two attached hydrogens (primary N) is 1. The van der Waals surface area contributed by atoms with Crippen LogP contribution in [0.15, 0.2) is 6.07 Å². The zero-order valence-electron chi connectivity index (χ0n) is 16.5. The minimum absolute atomic E-state index is 0.0176. The van der Waals surface area contributed by atoms with E-state index in [0.29, 0.717) is 0 Å². The molecule has 1 aromatic heterocycles. The molecular weight excluding hydrogens is 328 g/mol. The zero-order valence-corrected chi connectivity index (χ0v) is 16.5. The van der Waals surface area contributed by atoms with Gasteiger partial charge in [0.25, 0.3) is 0 Å². The molecule has 3 N–H and O–H groups in total. The van der Waals surface area contributed by atoms with Gasteiger partial charge in [-0.15, -0.1) is 0 Å². The lowest BCUT2D eigenvalue weighted by Crippen LogP contribution is -2.46. The molecule has 2 saturated carbocycles. The minimum Gasteiger partial charge on any atom is -0.377 e. The first-order chi connectivity index (χ1) is 12.4. The number of rotatable bonds is 8. The van der Waals surface area contributed by atoms with Gasteiger partial charge in [-0.3, -0.25) is 9.48 Å². The molecule has 0 unspecified atom stereocenters. The van der Waals surface area contributed by atoms with Crippen LogP contribution in [-0.4, -0.2) is 41.0 Å². The molecule has 2 aliphatic carbocycles. The highest BCUT2D eigenvalue weighted by Gasteiger charge is 2.44. The molecule has 3 rings (SSSR count). The van der Waals surface area contributed by atoms with E-state index in [1.54, 1.807) is 0 Å². The van der Waals surface area contributed by atoms with Gasteiger partial charge in [0.05, 0.1) is 11.8 Å². The fourth-order valence-corrected chi connectivity index (χ4v) is 3.99. The molecule has 2 aliphatic rings. The van der Waals surface area contributed by atoms with E-state index in [-0.39, 0.29) is 29.4 Å². The molecule has 6 heteroatoms. The molecule has 0 aromatic carbocycles. The minimum atomic E-state index is 0.0176. The Kier molecular flexibility index (Phi) is 6.03. The molecule has 0 saturated heterocycles. The number of aromatic nitrogens is 2. The van der Waals surface area contributed by atoms with Crippen LogP contribution in [-0.2, 0) is 16.1 Å². The Morgan fingerprint density at radius 1 is 1.42 bits per heavy atom. The van der Waals surface area contributed by atoms with E-state index < -0.39 is 0 Å². The normalized spacial score (nSPS) is 27.3. The van der Waals surface area contributed by atoms with Gasteiger partial charge in [-0.2, -0.15) is 5.10 Å². The highest BCUT2D eigenvalue weighted by molar-refractivity contribution is 5.78. The third kappa shape index (κ3) is 4.65. The number of carbonyl (C=O) groups is 1. The van der Waals surface area contributed by atoms with E-state index in [2.05, 4.69) is 35.0 Å². The van der Waals surface area contributed by atoms with E-state index in [1.807, 2.05) is 6.92 Å². The van der Waals surface area contributed by atoms with Gasteiger partial charge >= 0.3 is 0 Å².